The van der Waals surface area contributed by atoms with E-state index in [1.165, 1.54) is 0 Å². The van der Waals surface area contributed by atoms with E-state index in [9.17, 15) is 13.2 Å². The van der Waals surface area contributed by atoms with Crippen LogP contribution in [0.15, 0.2) is 18.5 Å². The molecule has 10 heteroatoms. The van der Waals surface area contributed by atoms with Gasteiger partial charge in [0.1, 0.15) is 0 Å². The molecule has 1 aromatic heterocycles. The second kappa shape index (κ2) is 8.93. The van der Waals surface area contributed by atoms with Crippen molar-refractivity contribution in [3.63, 3.8) is 0 Å². The summed E-state index contributed by atoms with van der Waals surface area (Å²) >= 11 is 0. The Morgan fingerprint density at radius 2 is 1.52 bits per heavy atom. The molecular formula is C19H30N6O3S. The van der Waals surface area contributed by atoms with Gasteiger partial charge in [0.15, 0.2) is 0 Å². The second-order valence-electron chi connectivity index (χ2n) is 8.03. The van der Waals surface area contributed by atoms with Crippen molar-refractivity contribution in [2.75, 3.05) is 57.3 Å². The number of hydrogen-bond donors (Lipinski definition) is 0. The quantitative estimate of drug-likeness (QED) is 0.705. The maximum atomic E-state index is 13.1. The molecule has 3 aliphatic rings. The Morgan fingerprint density at radius 1 is 0.862 bits per heavy atom. The van der Waals surface area contributed by atoms with Crippen LogP contribution in [0.1, 0.15) is 32.1 Å². The minimum absolute atomic E-state index is 0.0807. The number of anilines is 1. The summed E-state index contributed by atoms with van der Waals surface area (Å²) in [7, 11) is -3.46. The summed E-state index contributed by atoms with van der Waals surface area (Å²) in [6.45, 7) is 4.64. The first-order valence-electron chi connectivity index (χ1n) is 10.6. The van der Waals surface area contributed by atoms with Gasteiger partial charge >= 0.3 is 0 Å². The minimum atomic E-state index is -3.46. The summed E-state index contributed by atoms with van der Waals surface area (Å²) in [6.07, 6.45) is 7.87. The maximum absolute atomic E-state index is 13.1. The molecule has 1 aromatic rings. The minimum Gasteiger partial charge on any atom is -0.339 e. The van der Waals surface area contributed by atoms with Gasteiger partial charge in [-0.3, -0.25) is 4.79 Å². The van der Waals surface area contributed by atoms with Gasteiger partial charge in [-0.15, -0.1) is 0 Å². The number of carbonyl (C=O) groups excluding carboxylic acids is 1. The molecule has 9 nitrogen and oxygen atoms in total. The molecule has 4 heterocycles. The Balaban J connectivity index is 1.34. The van der Waals surface area contributed by atoms with Crippen LogP contribution in [0, 0.1) is 5.92 Å². The monoisotopic (exact) mass is 422 g/mol. The van der Waals surface area contributed by atoms with E-state index in [1.54, 1.807) is 27.1 Å². The molecule has 0 aliphatic carbocycles. The number of carbonyl (C=O) groups is 1. The van der Waals surface area contributed by atoms with Crippen molar-refractivity contribution >= 4 is 22.1 Å². The Labute approximate surface area is 172 Å². The normalized spacial score (nSPS) is 25.2. The zero-order chi connectivity index (χ0) is 20.3. The van der Waals surface area contributed by atoms with E-state index < -0.39 is 10.2 Å². The van der Waals surface area contributed by atoms with Crippen LogP contribution in [0.4, 0.5) is 5.95 Å². The molecule has 3 fully saturated rings. The number of piperazine rings is 1. The summed E-state index contributed by atoms with van der Waals surface area (Å²) in [4.78, 5) is 25.6. The highest BCUT2D eigenvalue weighted by Gasteiger charge is 2.38. The first-order chi connectivity index (χ1) is 14.1. The molecule has 1 atom stereocenters. The number of hydrogen-bond acceptors (Lipinski definition) is 6. The number of amides is 1. The molecule has 3 saturated heterocycles. The zero-order valence-corrected chi connectivity index (χ0v) is 17.6. The topological polar surface area (TPSA) is 90.0 Å². The Morgan fingerprint density at radius 3 is 2.21 bits per heavy atom. The summed E-state index contributed by atoms with van der Waals surface area (Å²) in [6, 6.07) is 1.79. The van der Waals surface area contributed by atoms with Crippen molar-refractivity contribution in [2.45, 2.75) is 32.1 Å². The smallest absolute Gasteiger partial charge is 0.281 e. The Hall–Kier alpha value is -1.78. The van der Waals surface area contributed by atoms with Gasteiger partial charge in [0.2, 0.25) is 11.9 Å². The standard InChI is InChI=1S/C19H30N6O3S/c26-18(22-12-14-23(15-13-22)19-20-7-5-8-21-19)17-6-4-11-25(16-17)29(27,28)24-9-2-1-3-10-24/h5,7-8,17H,1-4,6,9-16H2. The number of rotatable bonds is 4. The molecule has 0 radical (unpaired) electrons. The third-order valence-corrected chi connectivity index (χ3v) is 8.13. The van der Waals surface area contributed by atoms with Crippen LogP contribution in [0.5, 0.6) is 0 Å². The Kier molecular flexibility index (Phi) is 6.31. The fourth-order valence-corrected chi connectivity index (χ4v) is 6.23. The molecule has 4 rings (SSSR count). The first kappa shape index (κ1) is 20.5. The highest BCUT2D eigenvalue weighted by molar-refractivity contribution is 7.86. The van der Waals surface area contributed by atoms with E-state index in [2.05, 4.69) is 14.9 Å². The van der Waals surface area contributed by atoms with E-state index in [0.717, 1.165) is 32.1 Å². The SMILES string of the molecule is O=C(C1CCCN(S(=O)(=O)N2CCCCC2)C1)N1CCN(c2ncccn2)CC1. The van der Waals surface area contributed by atoms with Gasteiger partial charge in [-0.2, -0.15) is 17.0 Å². The second-order valence-corrected chi connectivity index (χ2v) is 9.95. The van der Waals surface area contributed by atoms with Gasteiger partial charge in [0.25, 0.3) is 10.2 Å². The van der Waals surface area contributed by atoms with Gasteiger partial charge in [0.05, 0.1) is 5.92 Å². The lowest BCUT2D eigenvalue weighted by Gasteiger charge is -2.40. The van der Waals surface area contributed by atoms with Crippen LogP contribution >= 0.6 is 0 Å². The van der Waals surface area contributed by atoms with Gasteiger partial charge in [-0.1, -0.05) is 6.42 Å². The fraction of sp³-hybridized carbons (Fsp3) is 0.737. The molecular weight excluding hydrogens is 392 g/mol. The van der Waals surface area contributed by atoms with E-state index in [4.69, 9.17) is 0 Å². The van der Waals surface area contributed by atoms with Gasteiger partial charge in [-0.25, -0.2) is 9.97 Å². The van der Waals surface area contributed by atoms with Crippen molar-refractivity contribution < 1.29 is 13.2 Å². The lowest BCUT2D eigenvalue weighted by atomic mass is 9.98. The van der Waals surface area contributed by atoms with Crippen LogP contribution in [0.2, 0.25) is 0 Å². The molecule has 0 aromatic carbocycles. The summed E-state index contributed by atoms with van der Waals surface area (Å²) in [5.41, 5.74) is 0. The highest BCUT2D eigenvalue weighted by atomic mass is 32.2. The van der Waals surface area contributed by atoms with Crippen LogP contribution in [0.25, 0.3) is 0 Å². The van der Waals surface area contributed by atoms with Crippen molar-refractivity contribution in [2.24, 2.45) is 5.92 Å². The molecule has 0 N–H and O–H groups in total. The van der Waals surface area contributed by atoms with Crippen molar-refractivity contribution in [3.05, 3.63) is 18.5 Å². The molecule has 3 aliphatic heterocycles. The molecule has 0 bridgehead atoms. The predicted molar refractivity (Wildman–Crippen MR) is 109 cm³/mol. The van der Waals surface area contributed by atoms with E-state index in [1.807, 2.05) is 4.90 Å². The fourth-order valence-electron chi connectivity index (χ4n) is 4.45. The number of piperidine rings is 2. The van der Waals surface area contributed by atoms with E-state index >= 15 is 0 Å². The lowest BCUT2D eigenvalue weighted by molar-refractivity contribution is -0.137. The van der Waals surface area contributed by atoms with Crippen LogP contribution < -0.4 is 4.90 Å². The lowest BCUT2D eigenvalue weighted by Crippen LogP contribution is -2.55. The third-order valence-electron chi connectivity index (χ3n) is 6.13. The molecule has 160 valence electrons. The average molecular weight is 423 g/mol. The summed E-state index contributed by atoms with van der Waals surface area (Å²) < 4.78 is 29.1. The summed E-state index contributed by atoms with van der Waals surface area (Å²) in [5.74, 6) is 0.524. The Bertz CT molecular complexity index is 791. The molecule has 0 spiro atoms. The molecule has 1 unspecified atom stereocenters. The highest BCUT2D eigenvalue weighted by Crippen LogP contribution is 2.25. The van der Waals surface area contributed by atoms with Crippen molar-refractivity contribution in [1.82, 2.24) is 23.5 Å². The molecule has 29 heavy (non-hydrogen) atoms. The zero-order valence-electron chi connectivity index (χ0n) is 16.8. The van der Waals surface area contributed by atoms with Crippen molar-refractivity contribution in [1.29, 1.82) is 0 Å². The van der Waals surface area contributed by atoms with Gasteiger partial charge in [0, 0.05) is 64.8 Å². The van der Waals surface area contributed by atoms with Crippen molar-refractivity contribution in [3.8, 4) is 0 Å². The van der Waals surface area contributed by atoms with E-state index in [-0.39, 0.29) is 11.8 Å². The van der Waals surface area contributed by atoms with Crippen LogP contribution in [-0.2, 0) is 15.0 Å². The predicted octanol–water partition coefficient (Wildman–Crippen LogP) is 0.568. The van der Waals surface area contributed by atoms with Crippen LogP contribution in [0.3, 0.4) is 0 Å². The largest absolute Gasteiger partial charge is 0.339 e. The van der Waals surface area contributed by atoms with Crippen LogP contribution in [-0.4, -0.2) is 90.2 Å². The first-order valence-corrected chi connectivity index (χ1v) is 12.0. The van der Waals surface area contributed by atoms with E-state index in [0.29, 0.717) is 58.3 Å². The summed E-state index contributed by atoms with van der Waals surface area (Å²) in [5, 5.41) is 0. The third kappa shape index (κ3) is 4.54. The molecule has 0 saturated carbocycles. The average Bonchev–Trinajstić information content (AvgIpc) is 2.80. The van der Waals surface area contributed by atoms with Gasteiger partial charge in [-0.05, 0) is 31.7 Å². The maximum Gasteiger partial charge on any atom is 0.281 e. The number of aromatic nitrogens is 2. The molecule has 1 amide bonds. The van der Waals surface area contributed by atoms with Gasteiger partial charge < -0.3 is 9.80 Å². The number of nitrogens with zero attached hydrogens (tertiary/aromatic N) is 6.